The topological polar surface area (TPSA) is 53.8 Å². The molecule has 2 aliphatic heterocycles. The first-order valence-electron chi connectivity index (χ1n) is 8.95. The number of nitrogens with zero attached hydrogens (tertiary/aromatic N) is 2. The van der Waals surface area contributed by atoms with Gasteiger partial charge in [0.05, 0.1) is 6.26 Å². The molecule has 1 fully saturated rings. The number of hydrogen-bond donors (Lipinski definition) is 0. The molecule has 1 unspecified atom stereocenters. The first-order valence-corrected chi connectivity index (χ1v) is 10.4. The van der Waals surface area contributed by atoms with Gasteiger partial charge in [-0.05, 0) is 36.6 Å². The van der Waals surface area contributed by atoms with Crippen molar-refractivity contribution < 1.29 is 12.8 Å². The van der Waals surface area contributed by atoms with E-state index in [2.05, 4.69) is 29.2 Å². The molecule has 26 heavy (non-hydrogen) atoms. The fraction of sp³-hybridized carbons (Fsp3) is 0.300. The van der Waals surface area contributed by atoms with Crippen LogP contribution in [0.5, 0.6) is 0 Å². The molecule has 0 amide bonds. The van der Waals surface area contributed by atoms with E-state index in [4.69, 9.17) is 4.42 Å². The van der Waals surface area contributed by atoms with Crippen molar-refractivity contribution in [2.75, 3.05) is 24.5 Å². The average molecular weight is 368 g/mol. The molecule has 0 aliphatic carbocycles. The summed E-state index contributed by atoms with van der Waals surface area (Å²) in [6.07, 6.45) is 3.26. The molecule has 0 spiro atoms. The Labute approximate surface area is 152 Å². The highest BCUT2D eigenvalue weighted by atomic mass is 32.2. The molecule has 6 heteroatoms. The smallest absolute Gasteiger partial charge is 0.246 e. The number of rotatable bonds is 2. The van der Waals surface area contributed by atoms with Crippen LogP contribution in [0.3, 0.4) is 0 Å². The zero-order chi connectivity index (χ0) is 17.7. The molecule has 5 nitrogen and oxygen atoms in total. The first kappa shape index (κ1) is 15.9. The van der Waals surface area contributed by atoms with Gasteiger partial charge in [0.1, 0.15) is 4.90 Å². The summed E-state index contributed by atoms with van der Waals surface area (Å²) in [5, 5.41) is 0.816. The zero-order valence-corrected chi connectivity index (χ0v) is 15.2. The summed E-state index contributed by atoms with van der Waals surface area (Å²) in [5.41, 5.74) is 3.01. The molecule has 5 rings (SSSR count). The minimum absolute atomic E-state index is 0.195. The van der Waals surface area contributed by atoms with Gasteiger partial charge in [0.25, 0.3) is 0 Å². The molecule has 0 bridgehead atoms. The molecule has 1 aromatic heterocycles. The largest absolute Gasteiger partial charge is 0.463 e. The van der Waals surface area contributed by atoms with E-state index in [0.717, 1.165) is 24.8 Å². The summed E-state index contributed by atoms with van der Waals surface area (Å²) in [4.78, 5) is 2.64. The second-order valence-corrected chi connectivity index (χ2v) is 8.90. The molecule has 0 N–H and O–H groups in total. The summed E-state index contributed by atoms with van der Waals surface area (Å²) in [7, 11) is -3.59. The monoisotopic (exact) mass is 368 g/mol. The van der Waals surface area contributed by atoms with Crippen molar-refractivity contribution in [3.63, 3.8) is 0 Å². The van der Waals surface area contributed by atoms with E-state index in [0.29, 0.717) is 18.7 Å². The van der Waals surface area contributed by atoms with Crippen molar-refractivity contribution in [1.29, 1.82) is 0 Å². The van der Waals surface area contributed by atoms with Crippen LogP contribution in [0.1, 0.15) is 12.0 Å². The Kier molecular flexibility index (Phi) is 3.58. The molecule has 134 valence electrons. The van der Waals surface area contributed by atoms with Gasteiger partial charge in [-0.1, -0.05) is 30.3 Å². The molecule has 3 heterocycles. The number of sulfonamides is 1. The minimum atomic E-state index is -3.59. The number of fused-ring (bicyclic) bond motifs is 4. The van der Waals surface area contributed by atoms with Gasteiger partial charge in [-0.25, -0.2) is 8.42 Å². The number of anilines is 1. The minimum Gasteiger partial charge on any atom is -0.463 e. The van der Waals surface area contributed by atoms with Crippen LogP contribution in [0, 0.1) is 0 Å². The van der Waals surface area contributed by atoms with Gasteiger partial charge in [-0.3, -0.25) is 0 Å². The van der Waals surface area contributed by atoms with Crippen LogP contribution in [-0.2, 0) is 16.4 Å². The fourth-order valence-electron chi connectivity index (χ4n) is 4.26. The molecular weight excluding hydrogens is 348 g/mol. The molecule has 2 aliphatic rings. The quantitative estimate of drug-likeness (QED) is 0.697. The van der Waals surface area contributed by atoms with Gasteiger partial charge in [0.2, 0.25) is 10.0 Å². The summed E-state index contributed by atoms with van der Waals surface area (Å²) in [5.74, 6) is 0. The Morgan fingerprint density at radius 1 is 1.00 bits per heavy atom. The Hall–Kier alpha value is -2.31. The third kappa shape index (κ3) is 2.36. The molecule has 0 radical (unpaired) electrons. The molecule has 3 aromatic rings. The van der Waals surface area contributed by atoms with Crippen LogP contribution in [0.25, 0.3) is 11.0 Å². The van der Waals surface area contributed by atoms with Gasteiger partial charge in [-0.15, -0.1) is 0 Å². The Bertz CT molecular complexity index is 1070. The Morgan fingerprint density at radius 2 is 1.88 bits per heavy atom. The second-order valence-electron chi connectivity index (χ2n) is 6.99. The molecule has 2 aromatic carbocycles. The lowest BCUT2D eigenvalue weighted by atomic mass is 10.1. The van der Waals surface area contributed by atoms with E-state index in [9.17, 15) is 8.42 Å². The summed E-state index contributed by atoms with van der Waals surface area (Å²) >= 11 is 0. The summed E-state index contributed by atoms with van der Waals surface area (Å²) in [6, 6.07) is 15.7. The third-order valence-corrected chi connectivity index (χ3v) is 7.37. The lowest BCUT2D eigenvalue weighted by Crippen LogP contribution is -2.41. The van der Waals surface area contributed by atoms with Gasteiger partial charge in [0, 0.05) is 36.7 Å². The average Bonchev–Trinajstić information content (AvgIpc) is 3.19. The van der Waals surface area contributed by atoms with E-state index < -0.39 is 10.0 Å². The third-order valence-electron chi connectivity index (χ3n) is 5.48. The van der Waals surface area contributed by atoms with Crippen molar-refractivity contribution in [3.8, 4) is 0 Å². The van der Waals surface area contributed by atoms with E-state index in [1.165, 1.54) is 11.3 Å². The lowest BCUT2D eigenvalue weighted by molar-refractivity contribution is 0.405. The Morgan fingerprint density at radius 3 is 2.81 bits per heavy atom. The van der Waals surface area contributed by atoms with Crippen LogP contribution in [0.4, 0.5) is 5.69 Å². The number of benzene rings is 2. The zero-order valence-electron chi connectivity index (χ0n) is 14.3. The number of furan rings is 1. The van der Waals surface area contributed by atoms with Crippen molar-refractivity contribution in [2.45, 2.75) is 23.8 Å². The van der Waals surface area contributed by atoms with Crippen LogP contribution in [0.2, 0.25) is 0 Å². The first-order chi connectivity index (χ1) is 12.6. The lowest BCUT2D eigenvalue weighted by Gasteiger charge is -2.27. The molecule has 1 saturated heterocycles. The normalized spacial score (nSPS) is 20.8. The van der Waals surface area contributed by atoms with E-state index in [-0.39, 0.29) is 10.9 Å². The van der Waals surface area contributed by atoms with Crippen molar-refractivity contribution in [3.05, 3.63) is 60.4 Å². The summed E-state index contributed by atoms with van der Waals surface area (Å²) < 4.78 is 33.8. The van der Waals surface area contributed by atoms with Gasteiger partial charge in [-0.2, -0.15) is 4.31 Å². The van der Waals surface area contributed by atoms with Crippen LogP contribution in [-0.4, -0.2) is 38.4 Å². The number of hydrogen-bond acceptors (Lipinski definition) is 4. The Balaban J connectivity index is 1.50. The highest BCUT2D eigenvalue weighted by Crippen LogP contribution is 2.35. The predicted molar refractivity (Wildman–Crippen MR) is 101 cm³/mol. The van der Waals surface area contributed by atoms with Crippen LogP contribution >= 0.6 is 0 Å². The van der Waals surface area contributed by atoms with Gasteiger partial charge >= 0.3 is 0 Å². The van der Waals surface area contributed by atoms with E-state index >= 15 is 0 Å². The fourth-order valence-corrected chi connectivity index (χ4v) is 5.93. The van der Waals surface area contributed by atoms with Crippen molar-refractivity contribution >= 4 is 26.7 Å². The summed E-state index contributed by atoms with van der Waals surface area (Å²) in [6.45, 7) is 1.93. The van der Waals surface area contributed by atoms with Crippen molar-refractivity contribution in [1.82, 2.24) is 4.31 Å². The molecular formula is C20H20N2O3S. The van der Waals surface area contributed by atoms with Crippen LogP contribution in [0.15, 0.2) is 64.1 Å². The van der Waals surface area contributed by atoms with Crippen molar-refractivity contribution in [2.24, 2.45) is 0 Å². The predicted octanol–water partition coefficient (Wildman–Crippen LogP) is 3.26. The number of para-hydroxylation sites is 2. The standard InChI is InChI=1S/C20H20N2O3S/c23-26(24,19-8-3-6-15-9-12-25-20(15)19)21-10-4-11-22-17(14-21)13-16-5-1-2-7-18(16)22/h1-3,5-9,12,17H,4,10-11,13-14H2. The molecule has 0 saturated carbocycles. The van der Waals surface area contributed by atoms with E-state index in [1.54, 1.807) is 28.8 Å². The molecule has 1 atom stereocenters. The maximum absolute atomic E-state index is 13.4. The van der Waals surface area contributed by atoms with Gasteiger partial charge < -0.3 is 9.32 Å². The highest BCUT2D eigenvalue weighted by Gasteiger charge is 2.37. The maximum Gasteiger partial charge on any atom is 0.246 e. The highest BCUT2D eigenvalue weighted by molar-refractivity contribution is 7.89. The van der Waals surface area contributed by atoms with Gasteiger partial charge in [0.15, 0.2) is 5.58 Å². The van der Waals surface area contributed by atoms with E-state index in [1.807, 2.05) is 6.07 Å². The maximum atomic E-state index is 13.4. The van der Waals surface area contributed by atoms with Crippen LogP contribution < -0.4 is 4.90 Å². The second kappa shape index (κ2) is 5.86. The SMILES string of the molecule is O=S(=O)(c1cccc2ccoc12)N1CCCN2c3ccccc3CC2C1.